The van der Waals surface area contributed by atoms with Crippen molar-refractivity contribution < 1.29 is 9.53 Å². The molecule has 126 valence electrons. The van der Waals surface area contributed by atoms with Crippen molar-refractivity contribution in [1.29, 1.82) is 0 Å². The zero-order valence-electron chi connectivity index (χ0n) is 14.4. The summed E-state index contributed by atoms with van der Waals surface area (Å²) in [7, 11) is 0. The van der Waals surface area contributed by atoms with Crippen LogP contribution >= 0.6 is 0 Å². The minimum absolute atomic E-state index is 0.177. The smallest absolute Gasteiger partial charge is 0.265 e. The first-order chi connectivity index (χ1) is 12.1. The zero-order valence-corrected chi connectivity index (χ0v) is 14.4. The molecule has 0 fully saturated rings. The Hall–Kier alpha value is -3.07. The quantitative estimate of drug-likeness (QED) is 0.709. The predicted molar refractivity (Wildman–Crippen MR) is 102 cm³/mol. The first-order valence-corrected chi connectivity index (χ1v) is 8.32. The summed E-state index contributed by atoms with van der Waals surface area (Å²) in [5, 5.41) is 2.98. The number of aryl methyl sites for hydroxylation is 1. The van der Waals surface area contributed by atoms with Gasteiger partial charge in [0.25, 0.3) is 5.91 Å². The van der Waals surface area contributed by atoms with Crippen LogP contribution in [0.5, 0.6) is 5.75 Å². The molecule has 3 rings (SSSR count). The van der Waals surface area contributed by atoms with Crippen LogP contribution in [-0.2, 0) is 4.79 Å². The Balaban J connectivity index is 1.74. The Kier molecular flexibility index (Phi) is 5.14. The van der Waals surface area contributed by atoms with E-state index in [0.717, 1.165) is 22.4 Å². The molecule has 3 nitrogen and oxygen atoms in total. The van der Waals surface area contributed by atoms with Crippen LogP contribution in [0.4, 0.5) is 5.69 Å². The summed E-state index contributed by atoms with van der Waals surface area (Å²) in [4.78, 5) is 12.5. The Morgan fingerprint density at radius 1 is 0.880 bits per heavy atom. The van der Waals surface area contributed by atoms with E-state index in [4.69, 9.17) is 4.74 Å². The average Bonchev–Trinajstić information content (AvgIpc) is 2.64. The molecule has 0 aliphatic carbocycles. The molecule has 3 aromatic rings. The molecule has 1 amide bonds. The van der Waals surface area contributed by atoms with Crippen LogP contribution in [-0.4, -0.2) is 12.0 Å². The lowest BCUT2D eigenvalue weighted by Gasteiger charge is -2.17. The van der Waals surface area contributed by atoms with Gasteiger partial charge in [0, 0.05) is 11.3 Å². The Labute approximate surface area is 148 Å². The van der Waals surface area contributed by atoms with E-state index < -0.39 is 6.10 Å². The lowest BCUT2D eigenvalue weighted by molar-refractivity contribution is -0.122. The second-order valence-corrected chi connectivity index (χ2v) is 5.97. The van der Waals surface area contributed by atoms with Gasteiger partial charge in [0.15, 0.2) is 6.10 Å². The number of carbonyl (C=O) groups excluding carboxylic acids is 1. The van der Waals surface area contributed by atoms with Crippen molar-refractivity contribution in [3.63, 3.8) is 0 Å². The van der Waals surface area contributed by atoms with Gasteiger partial charge in [-0.3, -0.25) is 4.79 Å². The summed E-state index contributed by atoms with van der Waals surface area (Å²) in [6.45, 7) is 3.76. The molecule has 3 aromatic carbocycles. The van der Waals surface area contributed by atoms with E-state index in [9.17, 15) is 4.79 Å². The van der Waals surface area contributed by atoms with E-state index in [-0.39, 0.29) is 5.91 Å². The van der Waals surface area contributed by atoms with Gasteiger partial charge < -0.3 is 10.1 Å². The number of para-hydroxylation sites is 1. The molecule has 1 unspecified atom stereocenters. The van der Waals surface area contributed by atoms with Gasteiger partial charge in [-0.1, -0.05) is 66.2 Å². The van der Waals surface area contributed by atoms with Gasteiger partial charge in [0.1, 0.15) is 5.75 Å². The second-order valence-electron chi connectivity index (χ2n) is 5.97. The van der Waals surface area contributed by atoms with Crippen molar-refractivity contribution in [2.24, 2.45) is 0 Å². The molecule has 0 bridgehead atoms. The number of rotatable bonds is 5. The van der Waals surface area contributed by atoms with E-state index in [1.165, 1.54) is 0 Å². The number of anilines is 1. The van der Waals surface area contributed by atoms with Gasteiger partial charge >= 0.3 is 0 Å². The maximum Gasteiger partial charge on any atom is 0.265 e. The fourth-order valence-corrected chi connectivity index (χ4v) is 2.57. The largest absolute Gasteiger partial charge is 0.481 e. The second kappa shape index (κ2) is 7.67. The van der Waals surface area contributed by atoms with Crippen molar-refractivity contribution in [3.05, 3.63) is 84.4 Å². The van der Waals surface area contributed by atoms with Crippen molar-refractivity contribution >= 4 is 11.6 Å². The summed E-state index contributed by atoms with van der Waals surface area (Å²) in [5.41, 5.74) is 3.98. The van der Waals surface area contributed by atoms with Gasteiger partial charge in [0.2, 0.25) is 0 Å². The zero-order chi connectivity index (χ0) is 17.6. The fraction of sp³-hybridized carbons (Fsp3) is 0.136. The standard InChI is InChI=1S/C22H21NO2/c1-16-12-14-19(15-13-16)25-17(2)22(24)23-21-11-7-6-10-20(21)18-8-4-3-5-9-18/h3-15,17H,1-2H3,(H,23,24). The highest BCUT2D eigenvalue weighted by Crippen LogP contribution is 2.27. The average molecular weight is 331 g/mol. The molecule has 0 aliphatic rings. The van der Waals surface area contributed by atoms with Crippen LogP contribution in [0, 0.1) is 6.92 Å². The van der Waals surface area contributed by atoms with Crippen LogP contribution < -0.4 is 10.1 Å². The maximum absolute atomic E-state index is 12.5. The summed E-state index contributed by atoms with van der Waals surface area (Å²) in [6, 6.07) is 25.4. The van der Waals surface area contributed by atoms with E-state index in [1.54, 1.807) is 6.92 Å². The van der Waals surface area contributed by atoms with Gasteiger partial charge in [-0.05, 0) is 37.6 Å². The third kappa shape index (κ3) is 4.27. The predicted octanol–water partition coefficient (Wildman–Crippen LogP) is 5.07. The monoisotopic (exact) mass is 331 g/mol. The molecule has 0 aliphatic heterocycles. The normalized spacial score (nSPS) is 11.6. The molecule has 1 N–H and O–H groups in total. The Bertz CT molecular complexity index is 841. The third-order valence-electron chi connectivity index (χ3n) is 3.97. The van der Waals surface area contributed by atoms with Crippen LogP contribution in [0.15, 0.2) is 78.9 Å². The maximum atomic E-state index is 12.5. The van der Waals surface area contributed by atoms with E-state index in [1.807, 2.05) is 85.8 Å². The number of benzene rings is 3. The first kappa shape index (κ1) is 16.8. The highest BCUT2D eigenvalue weighted by Gasteiger charge is 2.16. The number of carbonyl (C=O) groups is 1. The highest BCUT2D eigenvalue weighted by atomic mass is 16.5. The summed E-state index contributed by atoms with van der Waals surface area (Å²) in [6.07, 6.45) is -0.591. The van der Waals surface area contributed by atoms with E-state index in [0.29, 0.717) is 5.75 Å². The third-order valence-corrected chi connectivity index (χ3v) is 3.97. The van der Waals surface area contributed by atoms with Crippen molar-refractivity contribution in [2.45, 2.75) is 20.0 Å². The highest BCUT2D eigenvalue weighted by molar-refractivity contribution is 5.97. The SMILES string of the molecule is Cc1ccc(OC(C)C(=O)Nc2ccccc2-c2ccccc2)cc1. The van der Waals surface area contributed by atoms with Crippen molar-refractivity contribution in [3.8, 4) is 16.9 Å². The van der Waals surface area contributed by atoms with Gasteiger partial charge in [-0.25, -0.2) is 0 Å². The molecule has 25 heavy (non-hydrogen) atoms. The summed E-state index contributed by atoms with van der Waals surface area (Å²) >= 11 is 0. The number of amides is 1. The van der Waals surface area contributed by atoms with Crippen LogP contribution in [0.1, 0.15) is 12.5 Å². The molecular weight excluding hydrogens is 310 g/mol. The fourth-order valence-electron chi connectivity index (χ4n) is 2.57. The first-order valence-electron chi connectivity index (χ1n) is 8.32. The van der Waals surface area contributed by atoms with Gasteiger partial charge in [-0.2, -0.15) is 0 Å². The molecular formula is C22H21NO2. The number of ether oxygens (including phenoxy) is 1. The molecule has 3 heteroatoms. The van der Waals surface area contributed by atoms with Crippen LogP contribution in [0.25, 0.3) is 11.1 Å². The lowest BCUT2D eigenvalue weighted by Crippen LogP contribution is -2.30. The van der Waals surface area contributed by atoms with E-state index >= 15 is 0 Å². The van der Waals surface area contributed by atoms with Crippen molar-refractivity contribution in [1.82, 2.24) is 0 Å². The molecule has 0 aromatic heterocycles. The molecule has 1 atom stereocenters. The molecule has 0 saturated carbocycles. The molecule has 0 radical (unpaired) electrons. The summed E-state index contributed by atoms with van der Waals surface area (Å²) in [5.74, 6) is 0.508. The minimum atomic E-state index is -0.591. The van der Waals surface area contributed by atoms with Crippen LogP contribution in [0.2, 0.25) is 0 Å². The van der Waals surface area contributed by atoms with Gasteiger partial charge in [0.05, 0.1) is 0 Å². The Morgan fingerprint density at radius 2 is 1.52 bits per heavy atom. The van der Waals surface area contributed by atoms with Crippen LogP contribution in [0.3, 0.4) is 0 Å². The number of hydrogen-bond donors (Lipinski definition) is 1. The lowest BCUT2D eigenvalue weighted by atomic mass is 10.0. The summed E-state index contributed by atoms with van der Waals surface area (Å²) < 4.78 is 5.74. The van der Waals surface area contributed by atoms with E-state index in [2.05, 4.69) is 5.32 Å². The Morgan fingerprint density at radius 3 is 2.24 bits per heavy atom. The topological polar surface area (TPSA) is 38.3 Å². The minimum Gasteiger partial charge on any atom is -0.481 e. The van der Waals surface area contributed by atoms with Gasteiger partial charge in [-0.15, -0.1) is 0 Å². The van der Waals surface area contributed by atoms with Crippen molar-refractivity contribution in [2.75, 3.05) is 5.32 Å². The molecule has 0 heterocycles. The molecule has 0 saturated heterocycles. The number of nitrogens with one attached hydrogen (secondary N) is 1. The number of hydrogen-bond acceptors (Lipinski definition) is 2. The molecule has 0 spiro atoms.